The number of hydrogen-bond donors (Lipinski definition) is 0. The lowest BCUT2D eigenvalue weighted by molar-refractivity contribution is 0.604. The van der Waals surface area contributed by atoms with Gasteiger partial charge in [-0.25, -0.2) is 8.42 Å². The van der Waals surface area contributed by atoms with Crippen LogP contribution in [-0.4, -0.2) is 15.5 Å². The number of aryl methyl sites for hydroxylation is 1. The number of benzene rings is 2. The second-order valence-corrected chi connectivity index (χ2v) is 6.42. The minimum absolute atomic E-state index is 0.306. The molecule has 0 spiro atoms. The summed E-state index contributed by atoms with van der Waals surface area (Å²) in [5.41, 5.74) is 1.97. The van der Waals surface area contributed by atoms with Crippen molar-refractivity contribution in [2.45, 2.75) is 11.8 Å². The highest BCUT2D eigenvalue weighted by Crippen LogP contribution is 2.15. The summed E-state index contributed by atoms with van der Waals surface area (Å²) in [5.74, 6) is 0. The summed E-state index contributed by atoms with van der Waals surface area (Å²) >= 11 is 0. The van der Waals surface area contributed by atoms with Crippen LogP contribution in [0.15, 0.2) is 71.1 Å². The fourth-order valence-electron chi connectivity index (χ4n) is 1.73. The van der Waals surface area contributed by atoms with Crippen LogP contribution in [0, 0.1) is 6.92 Å². The van der Waals surface area contributed by atoms with Crippen LogP contribution in [-0.2, 0) is 9.84 Å². The van der Waals surface area contributed by atoms with Gasteiger partial charge in [-0.15, -0.1) is 0 Å². The smallest absolute Gasteiger partial charge is 0.201 e. The third kappa shape index (κ3) is 3.48. The maximum Gasteiger partial charge on any atom is 0.201 e. The first kappa shape index (κ1) is 14.3. The molecule has 0 saturated heterocycles. The van der Waals surface area contributed by atoms with Crippen LogP contribution in [0.25, 0.3) is 0 Å². The first-order chi connectivity index (χ1) is 9.49. The Balaban J connectivity index is 2.20. The van der Waals surface area contributed by atoms with Crippen molar-refractivity contribution >= 4 is 15.5 Å². The highest BCUT2D eigenvalue weighted by atomic mass is 32.2. The van der Waals surface area contributed by atoms with Crippen molar-refractivity contribution in [1.29, 1.82) is 0 Å². The van der Waals surface area contributed by atoms with Crippen LogP contribution >= 0.6 is 0 Å². The van der Waals surface area contributed by atoms with Gasteiger partial charge in [0.2, 0.25) is 9.84 Å². The Morgan fingerprint density at radius 2 is 1.55 bits per heavy atom. The van der Waals surface area contributed by atoms with Crippen LogP contribution < -0.4 is 4.90 Å². The van der Waals surface area contributed by atoms with Gasteiger partial charge in [0.05, 0.1) is 10.3 Å². The minimum Gasteiger partial charge on any atom is -0.350 e. The van der Waals surface area contributed by atoms with Crippen molar-refractivity contribution in [3.63, 3.8) is 0 Å². The van der Waals surface area contributed by atoms with Gasteiger partial charge in [-0.1, -0.05) is 35.9 Å². The van der Waals surface area contributed by atoms with E-state index in [2.05, 4.69) is 0 Å². The highest BCUT2D eigenvalue weighted by molar-refractivity contribution is 7.94. The van der Waals surface area contributed by atoms with E-state index >= 15 is 0 Å². The van der Waals surface area contributed by atoms with Crippen molar-refractivity contribution < 1.29 is 8.42 Å². The predicted molar refractivity (Wildman–Crippen MR) is 82.3 cm³/mol. The number of nitrogens with zero attached hydrogens (tertiary/aromatic N) is 1. The summed E-state index contributed by atoms with van der Waals surface area (Å²) in [4.78, 5) is 2.08. The van der Waals surface area contributed by atoms with Crippen molar-refractivity contribution in [3.8, 4) is 0 Å². The average Bonchev–Trinajstić information content (AvgIpc) is 2.46. The van der Waals surface area contributed by atoms with Crippen LogP contribution in [0.5, 0.6) is 0 Å². The summed E-state index contributed by atoms with van der Waals surface area (Å²) in [7, 11) is -1.59. The minimum atomic E-state index is -3.40. The SMILES string of the molecule is Cc1ccc(S(=O)(=O)/C=C/N(C)c2ccccc2)cc1. The van der Waals surface area contributed by atoms with Gasteiger partial charge in [0, 0.05) is 18.9 Å². The number of hydrogen-bond acceptors (Lipinski definition) is 3. The van der Waals surface area contributed by atoms with E-state index in [0.29, 0.717) is 4.90 Å². The molecule has 0 aromatic heterocycles. The van der Waals surface area contributed by atoms with Crippen LogP contribution in [0.2, 0.25) is 0 Å². The summed E-state index contributed by atoms with van der Waals surface area (Å²) in [5, 5.41) is 1.23. The molecule has 0 aliphatic heterocycles. The summed E-state index contributed by atoms with van der Waals surface area (Å²) in [6.07, 6.45) is 1.56. The van der Waals surface area contributed by atoms with Gasteiger partial charge in [-0.2, -0.15) is 0 Å². The van der Waals surface area contributed by atoms with Crippen LogP contribution in [0.3, 0.4) is 0 Å². The standard InChI is InChI=1S/C16H17NO2S/c1-14-8-10-16(11-9-14)20(18,19)13-12-17(2)15-6-4-3-5-7-15/h3-13H,1-2H3/b13-12+. The molecule has 0 saturated carbocycles. The van der Waals surface area contributed by atoms with Crippen molar-refractivity contribution in [3.05, 3.63) is 71.8 Å². The summed E-state index contributed by atoms with van der Waals surface area (Å²) < 4.78 is 24.3. The molecular formula is C16H17NO2S. The first-order valence-electron chi connectivity index (χ1n) is 6.27. The molecule has 0 atom stereocenters. The first-order valence-corrected chi connectivity index (χ1v) is 7.81. The van der Waals surface area contributed by atoms with Gasteiger partial charge >= 0.3 is 0 Å². The highest BCUT2D eigenvalue weighted by Gasteiger charge is 2.10. The third-order valence-electron chi connectivity index (χ3n) is 2.98. The molecule has 0 radical (unpaired) electrons. The van der Waals surface area contributed by atoms with E-state index in [0.717, 1.165) is 11.3 Å². The topological polar surface area (TPSA) is 37.4 Å². The number of rotatable bonds is 4. The molecule has 0 heterocycles. The Bertz CT molecular complexity index is 689. The molecule has 2 rings (SSSR count). The van der Waals surface area contributed by atoms with Crippen LogP contribution in [0.4, 0.5) is 5.69 Å². The third-order valence-corrected chi connectivity index (χ3v) is 4.39. The van der Waals surface area contributed by atoms with Gasteiger partial charge < -0.3 is 4.90 Å². The Morgan fingerprint density at radius 3 is 2.15 bits per heavy atom. The molecule has 0 N–H and O–H groups in total. The zero-order valence-corrected chi connectivity index (χ0v) is 12.3. The van der Waals surface area contributed by atoms with Gasteiger partial charge in [-0.3, -0.25) is 0 Å². The average molecular weight is 287 g/mol. The molecule has 0 aliphatic carbocycles. The predicted octanol–water partition coefficient (Wildman–Crippen LogP) is 3.38. The Hall–Kier alpha value is -2.07. The van der Waals surface area contributed by atoms with Gasteiger partial charge in [0.15, 0.2) is 0 Å². The maximum absolute atomic E-state index is 12.2. The quantitative estimate of drug-likeness (QED) is 0.865. The molecule has 0 bridgehead atoms. The fraction of sp³-hybridized carbons (Fsp3) is 0.125. The number of sulfone groups is 1. The largest absolute Gasteiger partial charge is 0.350 e. The fourth-order valence-corrected chi connectivity index (χ4v) is 2.74. The van der Waals surface area contributed by atoms with Gasteiger partial charge in [0.1, 0.15) is 0 Å². The second kappa shape index (κ2) is 5.92. The number of anilines is 1. The molecule has 3 nitrogen and oxygen atoms in total. The van der Waals surface area contributed by atoms with E-state index in [1.807, 2.05) is 44.3 Å². The zero-order chi connectivity index (χ0) is 14.6. The summed E-state index contributed by atoms with van der Waals surface area (Å²) in [6.45, 7) is 1.93. The Morgan fingerprint density at radius 1 is 0.950 bits per heavy atom. The van der Waals surface area contributed by atoms with E-state index in [1.165, 1.54) is 5.41 Å². The molecule has 0 fully saturated rings. The lowest BCUT2D eigenvalue weighted by Gasteiger charge is -2.13. The zero-order valence-electron chi connectivity index (χ0n) is 11.5. The number of para-hydroxylation sites is 1. The Kier molecular flexibility index (Phi) is 4.25. The van der Waals surface area contributed by atoms with Crippen molar-refractivity contribution in [2.24, 2.45) is 0 Å². The van der Waals surface area contributed by atoms with E-state index in [-0.39, 0.29) is 0 Å². The normalized spacial score (nSPS) is 11.7. The summed E-state index contributed by atoms with van der Waals surface area (Å²) in [6, 6.07) is 16.4. The van der Waals surface area contributed by atoms with E-state index in [1.54, 1.807) is 35.4 Å². The lowest BCUT2D eigenvalue weighted by atomic mass is 10.2. The van der Waals surface area contributed by atoms with Gasteiger partial charge in [-0.05, 0) is 31.2 Å². The molecular weight excluding hydrogens is 270 g/mol. The molecule has 0 amide bonds. The molecule has 0 unspecified atom stereocenters. The molecule has 104 valence electrons. The second-order valence-electron chi connectivity index (χ2n) is 4.59. The van der Waals surface area contributed by atoms with E-state index < -0.39 is 9.84 Å². The van der Waals surface area contributed by atoms with Crippen molar-refractivity contribution in [1.82, 2.24) is 0 Å². The van der Waals surface area contributed by atoms with Gasteiger partial charge in [0.25, 0.3) is 0 Å². The molecule has 2 aromatic rings. The molecule has 20 heavy (non-hydrogen) atoms. The molecule has 0 aliphatic rings. The van der Waals surface area contributed by atoms with E-state index in [9.17, 15) is 8.42 Å². The van der Waals surface area contributed by atoms with E-state index in [4.69, 9.17) is 0 Å². The molecule has 4 heteroatoms. The Labute approximate surface area is 120 Å². The maximum atomic E-state index is 12.2. The monoisotopic (exact) mass is 287 g/mol. The molecule has 2 aromatic carbocycles. The lowest BCUT2D eigenvalue weighted by Crippen LogP contribution is -2.09. The van der Waals surface area contributed by atoms with Crippen LogP contribution in [0.1, 0.15) is 5.56 Å². The van der Waals surface area contributed by atoms with Crippen molar-refractivity contribution in [2.75, 3.05) is 11.9 Å².